The summed E-state index contributed by atoms with van der Waals surface area (Å²) < 4.78 is 25.7. The summed E-state index contributed by atoms with van der Waals surface area (Å²) in [7, 11) is -3.56. The quantitative estimate of drug-likeness (QED) is 0.530. The number of nitrogens with zero attached hydrogens (tertiary/aromatic N) is 3. The van der Waals surface area contributed by atoms with Crippen molar-refractivity contribution >= 4 is 45.0 Å². The molecule has 0 N–H and O–H groups in total. The highest BCUT2D eigenvalue weighted by atomic mass is 32.2. The lowest BCUT2D eigenvalue weighted by Crippen LogP contribution is -2.09. The number of rotatable bonds is 7. The summed E-state index contributed by atoms with van der Waals surface area (Å²) >= 11 is 10.1. The molecular formula is C20H17N3O2S3. The number of hydrogen-bond acceptors (Lipinski definition) is 7. The molecule has 0 aliphatic rings. The van der Waals surface area contributed by atoms with Crippen LogP contribution < -0.4 is 0 Å². The second-order valence-corrected chi connectivity index (χ2v) is 8.72. The molecule has 0 spiro atoms. The van der Waals surface area contributed by atoms with E-state index in [9.17, 15) is 8.42 Å². The van der Waals surface area contributed by atoms with Crippen molar-refractivity contribution in [3.63, 3.8) is 0 Å². The van der Waals surface area contributed by atoms with E-state index >= 15 is 0 Å². The van der Waals surface area contributed by atoms with Gasteiger partial charge in [-0.15, -0.1) is 0 Å². The van der Waals surface area contributed by atoms with Gasteiger partial charge < -0.3 is 0 Å². The molecule has 3 aromatic rings. The zero-order chi connectivity index (χ0) is 20.1. The molecule has 3 heterocycles. The van der Waals surface area contributed by atoms with Crippen LogP contribution in [0.1, 0.15) is 18.1 Å². The number of hydrogen-bond donors (Lipinski definition) is 0. The number of aromatic nitrogens is 3. The van der Waals surface area contributed by atoms with E-state index in [2.05, 4.69) is 15.0 Å². The molecule has 0 bridgehead atoms. The largest absolute Gasteiger partial charge is 0.263 e. The Morgan fingerprint density at radius 1 is 1.04 bits per heavy atom. The molecular weight excluding hydrogens is 410 g/mol. The van der Waals surface area contributed by atoms with Crippen LogP contribution in [0.4, 0.5) is 0 Å². The maximum absolute atomic E-state index is 12.9. The average molecular weight is 428 g/mol. The van der Waals surface area contributed by atoms with Gasteiger partial charge in [0.15, 0.2) is 9.84 Å². The summed E-state index contributed by atoms with van der Waals surface area (Å²) in [6.45, 7) is 1.60. The molecule has 0 aromatic carbocycles. The lowest BCUT2D eigenvalue weighted by atomic mass is 9.97. The molecule has 0 amide bonds. The first kappa shape index (κ1) is 20.3. The van der Waals surface area contributed by atoms with E-state index in [1.165, 1.54) is 11.6 Å². The lowest BCUT2D eigenvalue weighted by molar-refractivity contribution is 0.597. The summed E-state index contributed by atoms with van der Waals surface area (Å²) in [6.07, 6.45) is 6.72. The molecule has 0 fully saturated rings. The Hall–Kier alpha value is -2.42. The van der Waals surface area contributed by atoms with Crippen molar-refractivity contribution in [2.24, 2.45) is 0 Å². The van der Waals surface area contributed by atoms with E-state index in [-0.39, 0.29) is 10.6 Å². The topological polar surface area (TPSA) is 72.8 Å². The highest BCUT2D eigenvalue weighted by molar-refractivity contribution is 7.91. The monoisotopic (exact) mass is 427 g/mol. The maximum Gasteiger partial charge on any atom is 0.180 e. The van der Waals surface area contributed by atoms with Gasteiger partial charge in [0.05, 0.1) is 22.0 Å². The lowest BCUT2D eigenvalue weighted by Gasteiger charge is -2.16. The van der Waals surface area contributed by atoms with Crippen LogP contribution in [0.3, 0.4) is 0 Å². The van der Waals surface area contributed by atoms with Crippen molar-refractivity contribution in [2.45, 2.75) is 18.2 Å². The van der Waals surface area contributed by atoms with E-state index in [4.69, 9.17) is 24.4 Å². The van der Waals surface area contributed by atoms with Crippen LogP contribution in [0, 0.1) is 0 Å². The molecule has 142 valence electrons. The zero-order valence-corrected chi connectivity index (χ0v) is 17.5. The molecule has 0 saturated heterocycles. The van der Waals surface area contributed by atoms with Gasteiger partial charge in [0.1, 0.15) is 0 Å². The van der Waals surface area contributed by atoms with Crippen molar-refractivity contribution in [3.8, 4) is 22.5 Å². The Morgan fingerprint density at radius 3 is 2.43 bits per heavy atom. The summed E-state index contributed by atoms with van der Waals surface area (Å²) in [5, 5.41) is 3.11. The second-order valence-electron chi connectivity index (χ2n) is 5.90. The molecule has 0 atom stereocenters. The smallest absolute Gasteiger partial charge is 0.180 e. The predicted molar refractivity (Wildman–Crippen MR) is 119 cm³/mol. The highest BCUT2D eigenvalue weighted by Gasteiger charge is 2.25. The van der Waals surface area contributed by atoms with E-state index in [1.807, 2.05) is 12.1 Å². The number of pyridine rings is 3. The summed E-state index contributed by atoms with van der Waals surface area (Å²) in [6, 6.07) is 7.29. The van der Waals surface area contributed by atoms with Gasteiger partial charge >= 0.3 is 0 Å². The minimum Gasteiger partial charge on any atom is -0.263 e. The van der Waals surface area contributed by atoms with Gasteiger partial charge in [-0.2, -0.15) is 0 Å². The van der Waals surface area contributed by atoms with Crippen molar-refractivity contribution in [1.29, 1.82) is 0 Å². The fourth-order valence-electron chi connectivity index (χ4n) is 2.91. The average Bonchev–Trinajstić information content (AvgIpc) is 2.74. The fourth-order valence-corrected chi connectivity index (χ4v) is 4.33. The predicted octanol–water partition coefficient (Wildman–Crippen LogP) is 3.89. The van der Waals surface area contributed by atoms with Gasteiger partial charge in [0.2, 0.25) is 0 Å². The Morgan fingerprint density at radius 2 is 1.75 bits per heavy atom. The maximum atomic E-state index is 12.9. The molecule has 3 aromatic heterocycles. The third-order valence-corrected chi connectivity index (χ3v) is 6.44. The van der Waals surface area contributed by atoms with Crippen molar-refractivity contribution in [3.05, 3.63) is 60.2 Å². The van der Waals surface area contributed by atoms with Crippen molar-refractivity contribution < 1.29 is 8.42 Å². The van der Waals surface area contributed by atoms with E-state index < -0.39 is 9.84 Å². The molecule has 5 nitrogen and oxygen atoms in total. The normalized spacial score (nSPS) is 11.2. The van der Waals surface area contributed by atoms with Gasteiger partial charge in [-0.05, 0) is 23.1 Å². The van der Waals surface area contributed by atoms with Gasteiger partial charge in [-0.25, -0.2) is 8.42 Å². The van der Waals surface area contributed by atoms with Gasteiger partial charge in [0, 0.05) is 53.3 Å². The third-order valence-electron chi connectivity index (χ3n) is 4.28. The minimum atomic E-state index is -3.56. The molecule has 0 aliphatic carbocycles. The Bertz CT molecular complexity index is 1140. The van der Waals surface area contributed by atoms with E-state index in [1.54, 1.807) is 43.0 Å². The van der Waals surface area contributed by atoms with E-state index in [0.29, 0.717) is 34.5 Å². The summed E-state index contributed by atoms with van der Waals surface area (Å²) in [5.41, 5.74) is 3.69. The third kappa shape index (κ3) is 3.89. The van der Waals surface area contributed by atoms with Gasteiger partial charge in [0.25, 0.3) is 0 Å². The van der Waals surface area contributed by atoms with Crippen LogP contribution in [0.2, 0.25) is 0 Å². The molecule has 3 rings (SSSR count). The van der Waals surface area contributed by atoms with Crippen LogP contribution in [-0.2, 0) is 16.3 Å². The van der Waals surface area contributed by atoms with Gasteiger partial charge in [-0.3, -0.25) is 15.0 Å². The highest BCUT2D eigenvalue weighted by Crippen LogP contribution is 2.37. The summed E-state index contributed by atoms with van der Waals surface area (Å²) in [5.74, 6) is -0.0529. The molecule has 8 heteroatoms. The van der Waals surface area contributed by atoms with Gasteiger partial charge in [-0.1, -0.05) is 43.5 Å². The van der Waals surface area contributed by atoms with Crippen molar-refractivity contribution in [1.82, 2.24) is 15.0 Å². The van der Waals surface area contributed by atoms with Crippen LogP contribution in [0.25, 0.3) is 22.5 Å². The molecule has 28 heavy (non-hydrogen) atoms. The SMILES string of the molecule is CCS(=O)(=O)c1cncc(-c2ncccc2C=S)c1-c1ncccc1CC=S. The first-order valence-electron chi connectivity index (χ1n) is 8.52. The number of thiocarbonyl (C=S) groups is 2. The van der Waals surface area contributed by atoms with Crippen molar-refractivity contribution in [2.75, 3.05) is 5.75 Å². The zero-order valence-electron chi connectivity index (χ0n) is 15.1. The second kappa shape index (κ2) is 8.72. The first-order chi connectivity index (χ1) is 13.5. The van der Waals surface area contributed by atoms with Crippen LogP contribution >= 0.6 is 24.4 Å². The standard InChI is InChI=1S/C20H17N3O2S3/c1-2-28(24,25)17-12-21-11-16(19-15(13-27)6-4-8-22-19)18(17)20-14(7-10-26)5-3-9-23-20/h3-6,8-13H,2,7H2,1H3. The molecule has 0 unspecified atom stereocenters. The Balaban J connectivity index is 2.46. The molecule has 0 radical (unpaired) electrons. The Labute approximate surface area is 174 Å². The summed E-state index contributed by atoms with van der Waals surface area (Å²) in [4.78, 5) is 13.2. The first-order valence-corrected chi connectivity index (χ1v) is 11.1. The molecule has 0 aliphatic heterocycles. The van der Waals surface area contributed by atoms with Crippen LogP contribution in [0.15, 0.2) is 53.9 Å². The van der Waals surface area contributed by atoms with Crippen LogP contribution in [0.5, 0.6) is 0 Å². The fraction of sp³-hybridized carbons (Fsp3) is 0.150. The molecule has 0 saturated carbocycles. The minimum absolute atomic E-state index is 0.0529. The van der Waals surface area contributed by atoms with E-state index in [0.717, 1.165) is 5.56 Å². The Kier molecular flexibility index (Phi) is 6.33. The van der Waals surface area contributed by atoms with Crippen LogP contribution in [-0.4, -0.2) is 39.9 Å². The number of sulfone groups is 1.